The van der Waals surface area contributed by atoms with E-state index in [1.165, 1.54) is 22.9 Å². The van der Waals surface area contributed by atoms with E-state index in [0.717, 1.165) is 28.9 Å². The van der Waals surface area contributed by atoms with Crippen LogP contribution in [0.3, 0.4) is 0 Å². The fourth-order valence-corrected chi connectivity index (χ4v) is 7.64. The van der Waals surface area contributed by atoms with Crippen LogP contribution in [0, 0.1) is 11.8 Å². The first-order valence-corrected chi connectivity index (χ1v) is 14.7. The van der Waals surface area contributed by atoms with Crippen LogP contribution in [0.4, 0.5) is 4.79 Å². The molecule has 1 aromatic carbocycles. The molecule has 2 aromatic rings. The molecule has 3 atom stereocenters. The van der Waals surface area contributed by atoms with Crippen molar-refractivity contribution in [3.05, 3.63) is 53.8 Å². The first kappa shape index (κ1) is 27.8. The molecular weight excluding hydrogens is 550 g/mol. The maximum Gasteiger partial charge on any atom is 0.328 e. The average Bonchev–Trinajstić information content (AvgIpc) is 3.60. The molecule has 3 aliphatic heterocycles. The fraction of sp³-hybridized carbons (Fsp3) is 0.517. The van der Waals surface area contributed by atoms with Crippen molar-refractivity contribution in [1.29, 1.82) is 0 Å². The van der Waals surface area contributed by atoms with E-state index in [9.17, 15) is 19.5 Å². The lowest BCUT2D eigenvalue weighted by Gasteiger charge is -2.49. The predicted molar refractivity (Wildman–Crippen MR) is 148 cm³/mol. The standard InChI is InChI=1S/C29H33N3O8S/c1-16-23-26(33)32(18-13-17(14-18)28(34)35)29(36)31(27(23)41-24(16)25-30-9-12-39-25)15-22(40-19-7-10-38-11-8-19)20-5-3-4-6-21(20)37-2/h3-6,9,12,17-19,22-23,27H,7-8,10-11,13-15H2,1-2H3,(H,34,35). The Labute approximate surface area is 241 Å². The molecule has 3 fully saturated rings. The number of ether oxygens (including phenoxy) is 3. The molecule has 11 nitrogen and oxygen atoms in total. The lowest BCUT2D eigenvalue weighted by molar-refractivity contribution is -0.152. The van der Waals surface area contributed by atoms with Gasteiger partial charge in [0.05, 0.1) is 48.1 Å². The van der Waals surface area contributed by atoms with Crippen LogP contribution in [-0.4, -0.2) is 82.2 Å². The molecule has 3 unspecified atom stereocenters. The van der Waals surface area contributed by atoms with Crippen LogP contribution in [0.15, 0.2) is 46.7 Å². The highest BCUT2D eigenvalue weighted by Gasteiger charge is 2.56. The van der Waals surface area contributed by atoms with Crippen LogP contribution in [-0.2, 0) is 19.1 Å². The first-order valence-electron chi connectivity index (χ1n) is 13.9. The number of hydrogen-bond acceptors (Lipinski definition) is 9. The molecule has 1 aliphatic carbocycles. The number of imide groups is 1. The second-order valence-corrected chi connectivity index (χ2v) is 11.9. The van der Waals surface area contributed by atoms with Gasteiger partial charge < -0.3 is 28.6 Å². The van der Waals surface area contributed by atoms with Crippen molar-refractivity contribution in [2.75, 3.05) is 26.9 Å². The normalized spacial score (nSPS) is 27.6. The van der Waals surface area contributed by atoms with Gasteiger partial charge in [0.1, 0.15) is 18.1 Å². The number of para-hydroxylation sites is 1. The van der Waals surface area contributed by atoms with Crippen molar-refractivity contribution in [3.8, 4) is 5.75 Å². The van der Waals surface area contributed by atoms with E-state index < -0.39 is 41.4 Å². The van der Waals surface area contributed by atoms with Crippen molar-refractivity contribution < 1.29 is 38.1 Å². The van der Waals surface area contributed by atoms with Crippen molar-refractivity contribution in [2.45, 2.75) is 56.2 Å². The van der Waals surface area contributed by atoms with Gasteiger partial charge in [-0.25, -0.2) is 9.78 Å². The number of fused-ring (bicyclic) bond motifs is 1. The number of amides is 3. The van der Waals surface area contributed by atoms with Crippen LogP contribution in [0.1, 0.15) is 50.2 Å². The molecule has 218 valence electrons. The number of aromatic nitrogens is 1. The van der Waals surface area contributed by atoms with Gasteiger partial charge in [-0.3, -0.25) is 14.5 Å². The van der Waals surface area contributed by atoms with E-state index >= 15 is 0 Å². The number of methoxy groups -OCH3 is 1. The Bertz CT molecular complexity index is 1340. The number of urea groups is 1. The van der Waals surface area contributed by atoms with E-state index in [0.29, 0.717) is 24.9 Å². The van der Waals surface area contributed by atoms with Gasteiger partial charge in [-0.2, -0.15) is 0 Å². The number of carbonyl (C=O) groups is 3. The fourth-order valence-electron chi connectivity index (χ4n) is 6.12. The summed E-state index contributed by atoms with van der Waals surface area (Å²) in [6.07, 6.45) is 4.40. The largest absolute Gasteiger partial charge is 0.496 e. The maximum absolute atomic E-state index is 14.2. The summed E-state index contributed by atoms with van der Waals surface area (Å²) < 4.78 is 23.5. The summed E-state index contributed by atoms with van der Waals surface area (Å²) in [5.41, 5.74) is 1.59. The molecule has 4 heterocycles. The summed E-state index contributed by atoms with van der Waals surface area (Å²) in [5.74, 6) is -1.35. The van der Waals surface area contributed by atoms with Gasteiger partial charge >= 0.3 is 12.0 Å². The molecule has 0 bridgehead atoms. The molecule has 6 rings (SSSR count). The van der Waals surface area contributed by atoms with E-state index in [1.807, 2.05) is 31.2 Å². The highest BCUT2D eigenvalue weighted by atomic mass is 32.2. The number of carboxylic acids is 1. The quantitative estimate of drug-likeness (QED) is 0.459. The number of hydrogen-bond donors (Lipinski definition) is 1. The molecule has 41 heavy (non-hydrogen) atoms. The molecule has 1 N–H and O–H groups in total. The summed E-state index contributed by atoms with van der Waals surface area (Å²) in [6.45, 7) is 3.25. The average molecular weight is 584 g/mol. The SMILES string of the molecule is COc1ccccc1C(CN1C(=O)N(C2CC(C(=O)O)C2)C(=O)C2C(C)=C(c3ncco3)SC21)OC1CCOCC1. The monoisotopic (exact) mass is 583 g/mol. The number of oxazole rings is 1. The zero-order valence-corrected chi connectivity index (χ0v) is 23.7. The Morgan fingerprint density at radius 1 is 1.22 bits per heavy atom. The van der Waals surface area contributed by atoms with Crippen LogP contribution in [0.5, 0.6) is 5.75 Å². The molecule has 12 heteroatoms. The molecule has 1 saturated carbocycles. The highest BCUT2D eigenvalue weighted by Crippen LogP contribution is 2.52. The van der Waals surface area contributed by atoms with Crippen LogP contribution in [0.25, 0.3) is 4.91 Å². The summed E-state index contributed by atoms with van der Waals surface area (Å²) >= 11 is 1.39. The van der Waals surface area contributed by atoms with Crippen molar-refractivity contribution >= 4 is 34.6 Å². The van der Waals surface area contributed by atoms with Crippen molar-refractivity contribution in [1.82, 2.24) is 14.8 Å². The van der Waals surface area contributed by atoms with Gasteiger partial charge in [0.15, 0.2) is 0 Å². The summed E-state index contributed by atoms with van der Waals surface area (Å²) in [5, 5.41) is 8.92. The van der Waals surface area contributed by atoms with Gasteiger partial charge in [-0.1, -0.05) is 30.0 Å². The zero-order chi connectivity index (χ0) is 28.7. The molecule has 3 amide bonds. The minimum atomic E-state index is -0.910. The van der Waals surface area contributed by atoms with E-state index in [4.69, 9.17) is 18.6 Å². The Hall–Kier alpha value is -3.35. The van der Waals surface area contributed by atoms with Gasteiger partial charge in [-0.15, -0.1) is 0 Å². The number of carboxylic acid groups (broad SMARTS) is 1. The minimum Gasteiger partial charge on any atom is -0.496 e. The van der Waals surface area contributed by atoms with E-state index in [1.54, 1.807) is 18.2 Å². The van der Waals surface area contributed by atoms with Crippen molar-refractivity contribution in [2.24, 2.45) is 11.8 Å². The molecule has 2 saturated heterocycles. The van der Waals surface area contributed by atoms with Crippen LogP contribution >= 0.6 is 11.8 Å². The Morgan fingerprint density at radius 2 is 1.98 bits per heavy atom. The summed E-state index contributed by atoms with van der Waals surface area (Å²) in [4.78, 5) is 47.7. The van der Waals surface area contributed by atoms with Crippen molar-refractivity contribution in [3.63, 3.8) is 0 Å². The summed E-state index contributed by atoms with van der Waals surface area (Å²) in [7, 11) is 1.60. The predicted octanol–water partition coefficient (Wildman–Crippen LogP) is 4.17. The smallest absolute Gasteiger partial charge is 0.328 e. The van der Waals surface area contributed by atoms with Gasteiger partial charge in [0.2, 0.25) is 11.8 Å². The Kier molecular flexibility index (Phi) is 7.80. The van der Waals surface area contributed by atoms with Gasteiger partial charge in [0.25, 0.3) is 0 Å². The maximum atomic E-state index is 14.2. The van der Waals surface area contributed by atoms with Crippen LogP contribution < -0.4 is 4.74 Å². The molecule has 4 aliphatic rings. The minimum absolute atomic E-state index is 0.0611. The molecular formula is C29H33N3O8S. The Balaban J connectivity index is 1.36. The number of benzene rings is 1. The highest BCUT2D eigenvalue weighted by molar-refractivity contribution is 8.09. The third kappa shape index (κ3) is 5.13. The number of rotatable bonds is 9. The zero-order valence-electron chi connectivity index (χ0n) is 22.9. The number of thioether (sulfide) groups is 1. The lowest BCUT2D eigenvalue weighted by atomic mass is 9.78. The second-order valence-electron chi connectivity index (χ2n) is 10.8. The van der Waals surface area contributed by atoms with E-state index in [2.05, 4.69) is 4.98 Å². The molecule has 0 spiro atoms. The first-order chi connectivity index (χ1) is 19.9. The number of nitrogens with zero attached hydrogens (tertiary/aromatic N) is 3. The lowest BCUT2D eigenvalue weighted by Crippen LogP contribution is -2.65. The van der Waals surface area contributed by atoms with E-state index in [-0.39, 0.29) is 31.4 Å². The number of carbonyl (C=O) groups excluding carboxylic acids is 2. The number of aliphatic carboxylic acids is 1. The molecule has 0 radical (unpaired) electrons. The van der Waals surface area contributed by atoms with Crippen LogP contribution in [0.2, 0.25) is 0 Å². The third-order valence-electron chi connectivity index (χ3n) is 8.44. The topological polar surface area (TPSA) is 132 Å². The third-order valence-corrected chi connectivity index (χ3v) is 9.94. The van der Waals surface area contributed by atoms with Gasteiger partial charge in [0, 0.05) is 24.8 Å². The molecule has 1 aromatic heterocycles. The second kappa shape index (κ2) is 11.5. The van der Waals surface area contributed by atoms with Gasteiger partial charge in [-0.05, 0) is 44.2 Å². The summed E-state index contributed by atoms with van der Waals surface area (Å²) in [6, 6.07) is 6.69. The Morgan fingerprint density at radius 3 is 2.66 bits per heavy atom.